The number of halogens is 1. The van der Waals surface area contributed by atoms with Crippen LogP contribution in [-0.2, 0) is 0 Å². The number of nitrogens with zero attached hydrogens (tertiary/aromatic N) is 3. The number of benzene rings is 1. The van der Waals surface area contributed by atoms with Gasteiger partial charge in [0.1, 0.15) is 5.82 Å². The molecule has 7 nitrogen and oxygen atoms in total. The lowest BCUT2D eigenvalue weighted by Crippen LogP contribution is -2.40. The van der Waals surface area contributed by atoms with Crippen LogP contribution in [0.2, 0.25) is 0 Å². The van der Waals surface area contributed by atoms with Gasteiger partial charge in [0.25, 0.3) is 5.91 Å². The maximum atomic E-state index is 12.3. The Labute approximate surface area is 178 Å². The number of carbonyl (C=O) groups excluding carboxylic acids is 1. The summed E-state index contributed by atoms with van der Waals surface area (Å²) in [6, 6.07) is 11.9. The number of anilines is 2. The van der Waals surface area contributed by atoms with E-state index < -0.39 is 0 Å². The highest BCUT2D eigenvalue weighted by molar-refractivity contribution is 9.10. The summed E-state index contributed by atoms with van der Waals surface area (Å²) in [4.78, 5) is 23.7. The van der Waals surface area contributed by atoms with Gasteiger partial charge in [0, 0.05) is 31.6 Å². The second-order valence-electron chi connectivity index (χ2n) is 7.55. The predicted molar refractivity (Wildman–Crippen MR) is 117 cm³/mol. The predicted octanol–water partition coefficient (Wildman–Crippen LogP) is 4.20. The molecule has 0 radical (unpaired) electrons. The number of rotatable bonds is 5. The molecular weight excluding hydrogens is 434 g/mol. The average molecular weight is 458 g/mol. The first-order valence-corrected chi connectivity index (χ1v) is 10.6. The van der Waals surface area contributed by atoms with Gasteiger partial charge in [0.2, 0.25) is 5.95 Å². The molecule has 29 heavy (non-hydrogen) atoms. The van der Waals surface area contributed by atoms with Crippen molar-refractivity contribution in [1.29, 1.82) is 0 Å². The Bertz CT molecular complexity index is 1010. The van der Waals surface area contributed by atoms with E-state index in [1.807, 2.05) is 43.3 Å². The number of carbonyl (C=O) groups is 1. The molecule has 1 aliphatic carbocycles. The molecule has 8 heteroatoms. The van der Waals surface area contributed by atoms with E-state index in [0.29, 0.717) is 16.4 Å². The second-order valence-corrected chi connectivity index (χ2v) is 8.33. The molecule has 1 aromatic carbocycles. The first-order chi connectivity index (χ1) is 14.0. The Morgan fingerprint density at radius 3 is 2.48 bits per heavy atom. The van der Waals surface area contributed by atoms with E-state index >= 15 is 0 Å². The Kier molecular flexibility index (Phi) is 5.71. The minimum atomic E-state index is -0.166. The summed E-state index contributed by atoms with van der Waals surface area (Å²) < 4.78 is 5.88. The quantitative estimate of drug-likeness (QED) is 0.596. The molecule has 2 aromatic heterocycles. The zero-order chi connectivity index (χ0) is 20.4. The smallest absolute Gasteiger partial charge is 0.287 e. The highest BCUT2D eigenvalue weighted by atomic mass is 79.9. The lowest BCUT2D eigenvalue weighted by molar-refractivity contribution is 0.0897. The van der Waals surface area contributed by atoms with Crippen molar-refractivity contribution < 1.29 is 9.21 Å². The van der Waals surface area contributed by atoms with E-state index in [1.165, 1.54) is 0 Å². The average Bonchev–Trinajstić information content (AvgIpc) is 3.15. The SMILES string of the molecule is CN(C)c1nc(N[C@H]2CC[C@@H](NC(=O)c3ccc(Br)o3)CC2)nc2ccccc12. The Morgan fingerprint density at radius 2 is 1.79 bits per heavy atom. The number of hydrogen-bond acceptors (Lipinski definition) is 6. The third-order valence-electron chi connectivity index (χ3n) is 5.20. The molecule has 0 unspecified atom stereocenters. The van der Waals surface area contributed by atoms with Crippen LogP contribution in [0.5, 0.6) is 0 Å². The van der Waals surface area contributed by atoms with Gasteiger partial charge in [-0.25, -0.2) is 4.98 Å². The summed E-state index contributed by atoms with van der Waals surface area (Å²) in [5.74, 6) is 1.72. The molecule has 1 fully saturated rings. The van der Waals surface area contributed by atoms with Gasteiger partial charge in [-0.1, -0.05) is 12.1 Å². The largest absolute Gasteiger partial charge is 0.444 e. The third kappa shape index (κ3) is 4.53. The first-order valence-electron chi connectivity index (χ1n) is 9.76. The maximum absolute atomic E-state index is 12.3. The van der Waals surface area contributed by atoms with Gasteiger partial charge in [-0.05, 0) is 65.9 Å². The fraction of sp³-hybridized carbons (Fsp3) is 0.381. The van der Waals surface area contributed by atoms with Crippen molar-refractivity contribution in [1.82, 2.24) is 15.3 Å². The lowest BCUT2D eigenvalue weighted by Gasteiger charge is -2.29. The second kappa shape index (κ2) is 8.41. The van der Waals surface area contributed by atoms with Crippen molar-refractivity contribution in [3.63, 3.8) is 0 Å². The summed E-state index contributed by atoms with van der Waals surface area (Å²) >= 11 is 3.22. The van der Waals surface area contributed by atoms with Crippen LogP contribution in [0.25, 0.3) is 10.9 Å². The normalized spacial score (nSPS) is 19.1. The molecule has 1 aliphatic rings. The lowest BCUT2D eigenvalue weighted by atomic mass is 9.91. The Morgan fingerprint density at radius 1 is 1.07 bits per heavy atom. The highest BCUT2D eigenvalue weighted by Gasteiger charge is 2.24. The topological polar surface area (TPSA) is 83.3 Å². The molecule has 0 aliphatic heterocycles. The monoisotopic (exact) mass is 457 g/mol. The molecule has 4 rings (SSSR count). The summed E-state index contributed by atoms with van der Waals surface area (Å²) in [6.07, 6.45) is 3.69. The van der Waals surface area contributed by atoms with Crippen LogP contribution in [0.4, 0.5) is 11.8 Å². The van der Waals surface area contributed by atoms with Crippen molar-refractivity contribution in [3.8, 4) is 0 Å². The molecule has 0 spiro atoms. The van der Waals surface area contributed by atoms with E-state index in [-0.39, 0.29) is 18.0 Å². The van der Waals surface area contributed by atoms with Crippen LogP contribution in [0, 0.1) is 0 Å². The Balaban J connectivity index is 1.38. The number of amides is 1. The van der Waals surface area contributed by atoms with E-state index in [9.17, 15) is 4.79 Å². The van der Waals surface area contributed by atoms with E-state index in [4.69, 9.17) is 9.40 Å². The van der Waals surface area contributed by atoms with Crippen LogP contribution in [-0.4, -0.2) is 42.1 Å². The van der Waals surface area contributed by atoms with Crippen molar-refractivity contribution in [3.05, 3.63) is 46.8 Å². The van der Waals surface area contributed by atoms with Crippen LogP contribution in [0.1, 0.15) is 36.2 Å². The van der Waals surface area contributed by atoms with Crippen LogP contribution in [0.15, 0.2) is 45.5 Å². The zero-order valence-corrected chi connectivity index (χ0v) is 18.1. The summed E-state index contributed by atoms with van der Waals surface area (Å²) in [5, 5.41) is 7.59. The van der Waals surface area contributed by atoms with Crippen molar-refractivity contribution >= 4 is 44.5 Å². The summed E-state index contributed by atoms with van der Waals surface area (Å²) in [6.45, 7) is 0. The minimum absolute atomic E-state index is 0.152. The molecular formula is C21H24BrN5O2. The number of furan rings is 1. The van der Waals surface area contributed by atoms with Crippen molar-refractivity contribution in [2.45, 2.75) is 37.8 Å². The van der Waals surface area contributed by atoms with E-state index in [1.54, 1.807) is 12.1 Å². The molecule has 0 bridgehead atoms. The third-order valence-corrected chi connectivity index (χ3v) is 5.63. The maximum Gasteiger partial charge on any atom is 0.287 e. The Hall–Kier alpha value is -2.61. The molecule has 0 atom stereocenters. The number of para-hydroxylation sites is 1. The standard InChI is InChI=1S/C21H24BrN5O2/c1-27(2)19-15-5-3-4-6-16(15)25-21(26-19)24-14-9-7-13(8-10-14)23-20(28)17-11-12-18(22)29-17/h3-6,11-14H,7-10H2,1-2H3,(H,23,28)(H,24,25,26)/t13-,14+. The summed E-state index contributed by atoms with van der Waals surface area (Å²) in [7, 11) is 3.98. The molecule has 1 saturated carbocycles. The highest BCUT2D eigenvalue weighted by Crippen LogP contribution is 2.26. The number of hydrogen-bond donors (Lipinski definition) is 2. The van der Waals surface area contributed by atoms with E-state index in [2.05, 4.69) is 31.5 Å². The fourth-order valence-electron chi connectivity index (χ4n) is 3.72. The van der Waals surface area contributed by atoms with Gasteiger partial charge >= 0.3 is 0 Å². The molecule has 2 N–H and O–H groups in total. The van der Waals surface area contributed by atoms with Crippen LogP contribution >= 0.6 is 15.9 Å². The van der Waals surface area contributed by atoms with Gasteiger partial charge in [-0.15, -0.1) is 0 Å². The van der Waals surface area contributed by atoms with Crippen LogP contribution in [0.3, 0.4) is 0 Å². The zero-order valence-electron chi connectivity index (χ0n) is 16.5. The molecule has 2 heterocycles. The van der Waals surface area contributed by atoms with Gasteiger partial charge in [0.15, 0.2) is 10.4 Å². The van der Waals surface area contributed by atoms with Crippen molar-refractivity contribution in [2.24, 2.45) is 0 Å². The van der Waals surface area contributed by atoms with Gasteiger partial charge in [-0.3, -0.25) is 4.79 Å². The van der Waals surface area contributed by atoms with E-state index in [0.717, 1.165) is 42.4 Å². The summed E-state index contributed by atoms with van der Waals surface area (Å²) in [5.41, 5.74) is 0.930. The number of fused-ring (bicyclic) bond motifs is 1. The molecule has 3 aromatic rings. The fourth-order valence-corrected chi connectivity index (χ4v) is 4.03. The van der Waals surface area contributed by atoms with Gasteiger partial charge < -0.3 is 20.0 Å². The van der Waals surface area contributed by atoms with Gasteiger partial charge in [-0.2, -0.15) is 4.98 Å². The van der Waals surface area contributed by atoms with Crippen LogP contribution < -0.4 is 15.5 Å². The first kappa shape index (κ1) is 19.7. The molecule has 152 valence electrons. The number of aromatic nitrogens is 2. The van der Waals surface area contributed by atoms with Gasteiger partial charge in [0.05, 0.1) is 5.52 Å². The minimum Gasteiger partial charge on any atom is -0.444 e. The molecule has 1 amide bonds. The molecule has 0 saturated heterocycles. The number of nitrogens with one attached hydrogen (secondary N) is 2. The van der Waals surface area contributed by atoms with Crippen molar-refractivity contribution in [2.75, 3.05) is 24.3 Å².